The zero-order valence-corrected chi connectivity index (χ0v) is 12.7. The van der Waals surface area contributed by atoms with Gasteiger partial charge in [-0.3, -0.25) is 0 Å². The Bertz CT molecular complexity index is 322. The summed E-state index contributed by atoms with van der Waals surface area (Å²) in [7, 11) is 0. The molecule has 0 aromatic carbocycles. The van der Waals surface area contributed by atoms with Crippen molar-refractivity contribution in [3.8, 4) is 0 Å². The molecule has 0 unspecified atom stereocenters. The van der Waals surface area contributed by atoms with Gasteiger partial charge in [0.15, 0.2) is 0 Å². The predicted octanol–water partition coefficient (Wildman–Crippen LogP) is 1.75. The number of nitrogens with zero attached hydrogens (tertiary/aromatic N) is 1. The number of carbonyl (C=O) groups excluding carboxylic acids is 1. The van der Waals surface area contributed by atoms with Crippen molar-refractivity contribution in [1.29, 1.82) is 0 Å². The van der Waals surface area contributed by atoms with Crippen LogP contribution < -0.4 is 5.32 Å². The lowest BCUT2D eigenvalue weighted by Gasteiger charge is -2.37. The average molecular weight is 284 g/mol. The maximum atomic E-state index is 12.5. The van der Waals surface area contributed by atoms with Crippen molar-refractivity contribution >= 4 is 6.03 Å². The highest BCUT2D eigenvalue weighted by Crippen LogP contribution is 2.28. The lowest BCUT2D eigenvalue weighted by atomic mass is 10.0. The highest BCUT2D eigenvalue weighted by Gasteiger charge is 2.32. The molecule has 2 amide bonds. The van der Waals surface area contributed by atoms with Gasteiger partial charge in [0.25, 0.3) is 0 Å². The Kier molecular flexibility index (Phi) is 5.66. The third-order valence-electron chi connectivity index (χ3n) is 4.59. The van der Waals surface area contributed by atoms with Crippen molar-refractivity contribution in [1.82, 2.24) is 10.2 Å². The van der Waals surface area contributed by atoms with Crippen LogP contribution in [-0.2, 0) is 4.74 Å². The van der Waals surface area contributed by atoms with Gasteiger partial charge in [0.1, 0.15) is 0 Å². The quantitative estimate of drug-likeness (QED) is 0.826. The molecule has 1 saturated carbocycles. The molecule has 0 bridgehead atoms. The molecule has 2 rings (SSSR count). The van der Waals surface area contributed by atoms with E-state index in [1.54, 1.807) is 6.92 Å². The molecule has 4 atom stereocenters. The lowest BCUT2D eigenvalue weighted by Crippen LogP contribution is -2.55. The first-order valence-electron chi connectivity index (χ1n) is 7.94. The van der Waals surface area contributed by atoms with Crippen LogP contribution in [0.25, 0.3) is 0 Å². The van der Waals surface area contributed by atoms with Crippen LogP contribution in [-0.4, -0.2) is 54.0 Å². The normalized spacial score (nSPS) is 32.1. The molecule has 5 nitrogen and oxygen atoms in total. The van der Waals surface area contributed by atoms with Crippen LogP contribution in [0.1, 0.15) is 46.0 Å². The Balaban J connectivity index is 1.91. The summed E-state index contributed by atoms with van der Waals surface area (Å²) in [6.07, 6.45) is 4.83. The monoisotopic (exact) mass is 284 g/mol. The molecule has 0 radical (unpaired) electrons. The molecule has 116 valence electrons. The molecule has 1 heterocycles. The van der Waals surface area contributed by atoms with Gasteiger partial charge in [0.2, 0.25) is 0 Å². The van der Waals surface area contributed by atoms with Crippen molar-refractivity contribution in [2.45, 2.75) is 64.1 Å². The standard InChI is InChI=1S/C15H28N2O3/c1-3-12-5-4-6-14(12)16-15(19)17-7-8-20-10-13(17)9-11(2)18/h11-14,18H,3-10H2,1-2H3,(H,16,19)/t11-,12-,13-,14+/m1/s1. The summed E-state index contributed by atoms with van der Waals surface area (Å²) >= 11 is 0. The largest absolute Gasteiger partial charge is 0.393 e. The van der Waals surface area contributed by atoms with Crippen LogP contribution in [0.15, 0.2) is 0 Å². The molecule has 0 spiro atoms. The van der Waals surface area contributed by atoms with E-state index in [-0.39, 0.29) is 12.1 Å². The van der Waals surface area contributed by atoms with E-state index < -0.39 is 6.10 Å². The number of aliphatic hydroxyl groups is 1. The topological polar surface area (TPSA) is 61.8 Å². The van der Waals surface area contributed by atoms with Crippen LogP contribution in [0.3, 0.4) is 0 Å². The molecule has 2 aliphatic rings. The van der Waals surface area contributed by atoms with E-state index in [0.29, 0.717) is 38.1 Å². The van der Waals surface area contributed by atoms with E-state index in [2.05, 4.69) is 12.2 Å². The van der Waals surface area contributed by atoms with Crippen molar-refractivity contribution < 1.29 is 14.6 Å². The van der Waals surface area contributed by atoms with E-state index in [4.69, 9.17) is 4.74 Å². The second-order valence-electron chi connectivity index (χ2n) is 6.16. The Morgan fingerprint density at radius 1 is 1.50 bits per heavy atom. The van der Waals surface area contributed by atoms with E-state index >= 15 is 0 Å². The van der Waals surface area contributed by atoms with Gasteiger partial charge in [-0.1, -0.05) is 19.8 Å². The van der Waals surface area contributed by atoms with Crippen LogP contribution >= 0.6 is 0 Å². The van der Waals surface area contributed by atoms with Gasteiger partial charge in [0, 0.05) is 12.6 Å². The first-order chi connectivity index (χ1) is 9.61. The summed E-state index contributed by atoms with van der Waals surface area (Å²) in [6.45, 7) is 5.69. The fourth-order valence-electron chi connectivity index (χ4n) is 3.47. The molecule has 0 aromatic rings. The Morgan fingerprint density at radius 2 is 2.30 bits per heavy atom. The van der Waals surface area contributed by atoms with Gasteiger partial charge >= 0.3 is 6.03 Å². The number of amides is 2. The summed E-state index contributed by atoms with van der Waals surface area (Å²) in [6, 6.07) is 0.331. The molecule has 2 fully saturated rings. The Labute approximate surface area is 121 Å². The lowest BCUT2D eigenvalue weighted by molar-refractivity contribution is -0.00504. The number of ether oxygens (including phenoxy) is 1. The van der Waals surface area contributed by atoms with Gasteiger partial charge in [-0.25, -0.2) is 4.79 Å². The van der Waals surface area contributed by atoms with Crippen molar-refractivity contribution in [2.24, 2.45) is 5.92 Å². The number of urea groups is 1. The second-order valence-corrected chi connectivity index (χ2v) is 6.16. The van der Waals surface area contributed by atoms with Crippen molar-refractivity contribution in [3.05, 3.63) is 0 Å². The minimum absolute atomic E-state index is 0.00905. The highest BCUT2D eigenvalue weighted by atomic mass is 16.5. The van der Waals surface area contributed by atoms with Crippen LogP contribution in [0.5, 0.6) is 0 Å². The third kappa shape index (κ3) is 3.85. The number of morpholine rings is 1. The van der Waals surface area contributed by atoms with Gasteiger partial charge in [-0.2, -0.15) is 0 Å². The number of hydrogen-bond donors (Lipinski definition) is 2. The van der Waals surface area contributed by atoms with E-state index in [1.807, 2.05) is 4.90 Å². The zero-order valence-electron chi connectivity index (χ0n) is 12.7. The van der Waals surface area contributed by atoms with E-state index in [9.17, 15) is 9.90 Å². The zero-order chi connectivity index (χ0) is 14.5. The van der Waals surface area contributed by atoms with Crippen molar-refractivity contribution in [3.63, 3.8) is 0 Å². The Hall–Kier alpha value is -0.810. The Morgan fingerprint density at radius 3 is 3.00 bits per heavy atom. The minimum atomic E-state index is -0.410. The number of carbonyl (C=O) groups is 1. The molecule has 1 saturated heterocycles. The van der Waals surface area contributed by atoms with Gasteiger partial charge < -0.3 is 20.1 Å². The summed E-state index contributed by atoms with van der Waals surface area (Å²) in [5, 5.41) is 12.8. The molecule has 20 heavy (non-hydrogen) atoms. The number of hydrogen-bond acceptors (Lipinski definition) is 3. The van der Waals surface area contributed by atoms with Crippen LogP contribution in [0.2, 0.25) is 0 Å². The van der Waals surface area contributed by atoms with Crippen LogP contribution in [0, 0.1) is 5.92 Å². The summed E-state index contributed by atoms with van der Waals surface area (Å²) in [5.74, 6) is 0.621. The molecule has 1 aliphatic heterocycles. The van der Waals surface area contributed by atoms with E-state index in [0.717, 1.165) is 12.8 Å². The predicted molar refractivity (Wildman–Crippen MR) is 77.6 cm³/mol. The summed E-state index contributed by atoms with van der Waals surface area (Å²) in [4.78, 5) is 14.3. The third-order valence-corrected chi connectivity index (χ3v) is 4.59. The fourth-order valence-corrected chi connectivity index (χ4v) is 3.47. The summed E-state index contributed by atoms with van der Waals surface area (Å²) < 4.78 is 5.44. The molecule has 0 aromatic heterocycles. The van der Waals surface area contributed by atoms with Gasteiger partial charge in [-0.05, 0) is 32.1 Å². The second kappa shape index (κ2) is 7.27. The molecular formula is C15H28N2O3. The summed E-state index contributed by atoms with van der Waals surface area (Å²) in [5.41, 5.74) is 0. The van der Waals surface area contributed by atoms with Crippen molar-refractivity contribution in [2.75, 3.05) is 19.8 Å². The molecule has 2 N–H and O–H groups in total. The highest BCUT2D eigenvalue weighted by molar-refractivity contribution is 5.75. The number of nitrogens with one attached hydrogen (secondary N) is 1. The smallest absolute Gasteiger partial charge is 0.318 e. The SMILES string of the molecule is CC[C@@H]1CCC[C@@H]1NC(=O)N1CCOC[C@H]1C[C@@H](C)O. The van der Waals surface area contributed by atoms with Crippen LogP contribution in [0.4, 0.5) is 4.79 Å². The minimum Gasteiger partial charge on any atom is -0.393 e. The first-order valence-corrected chi connectivity index (χ1v) is 7.94. The van der Waals surface area contributed by atoms with Gasteiger partial charge in [0.05, 0.1) is 25.4 Å². The number of aliphatic hydroxyl groups excluding tert-OH is 1. The average Bonchev–Trinajstić information content (AvgIpc) is 2.85. The first kappa shape index (κ1) is 15.6. The molecular weight excluding hydrogens is 256 g/mol. The molecule has 1 aliphatic carbocycles. The van der Waals surface area contributed by atoms with Gasteiger partial charge in [-0.15, -0.1) is 0 Å². The molecule has 5 heteroatoms. The maximum Gasteiger partial charge on any atom is 0.318 e. The maximum absolute atomic E-state index is 12.5. The fraction of sp³-hybridized carbons (Fsp3) is 0.933. The van der Waals surface area contributed by atoms with E-state index in [1.165, 1.54) is 12.8 Å². The number of rotatable bonds is 4.